The van der Waals surface area contributed by atoms with Crippen LogP contribution in [0, 0.1) is 11.3 Å². The van der Waals surface area contributed by atoms with Crippen LogP contribution in [0.3, 0.4) is 0 Å². The van der Waals surface area contributed by atoms with Crippen molar-refractivity contribution in [2.24, 2.45) is 5.73 Å². The van der Waals surface area contributed by atoms with Gasteiger partial charge in [-0.15, -0.1) is 5.10 Å². The van der Waals surface area contributed by atoms with Crippen LogP contribution in [0.15, 0.2) is 24.4 Å². The molecule has 8 nitrogen and oxygen atoms in total. The molecule has 9 heteroatoms. The largest absolute Gasteiger partial charge is 0.496 e. The second kappa shape index (κ2) is 6.81. The standard InChI is InChI=1S/C18H20N6O2S/c1-26-15-8-12(9-19)2-3-13(15)14-10-21-16-24(14)22-17(27-16)23-6-4-18(25,11-20)5-7-23/h2-3,8,10,25H,4-7,11,20H2,1H3. The van der Waals surface area contributed by atoms with Gasteiger partial charge in [0.15, 0.2) is 0 Å². The summed E-state index contributed by atoms with van der Waals surface area (Å²) >= 11 is 1.51. The van der Waals surface area contributed by atoms with Crippen LogP contribution in [0.25, 0.3) is 16.2 Å². The molecule has 0 saturated carbocycles. The number of benzene rings is 1. The molecular weight excluding hydrogens is 364 g/mol. The Morgan fingerprint density at radius 3 is 2.85 bits per heavy atom. The van der Waals surface area contributed by atoms with Gasteiger partial charge in [0.1, 0.15) is 5.75 Å². The fourth-order valence-electron chi connectivity index (χ4n) is 3.28. The molecule has 1 saturated heterocycles. The van der Waals surface area contributed by atoms with E-state index in [4.69, 9.17) is 20.8 Å². The summed E-state index contributed by atoms with van der Waals surface area (Å²) in [6, 6.07) is 7.43. The lowest BCUT2D eigenvalue weighted by atomic mass is 9.92. The van der Waals surface area contributed by atoms with Crippen LogP contribution in [0.2, 0.25) is 0 Å². The summed E-state index contributed by atoms with van der Waals surface area (Å²) in [4.78, 5) is 7.42. The number of imidazole rings is 1. The molecule has 3 N–H and O–H groups in total. The topological polar surface area (TPSA) is 113 Å². The monoisotopic (exact) mass is 384 g/mol. The molecule has 0 radical (unpaired) electrons. The molecule has 0 bridgehead atoms. The molecular formula is C18H20N6O2S. The van der Waals surface area contributed by atoms with Gasteiger partial charge in [-0.3, -0.25) is 0 Å². The van der Waals surface area contributed by atoms with Crippen LogP contribution >= 0.6 is 11.3 Å². The smallest absolute Gasteiger partial charge is 0.214 e. The first-order valence-electron chi connectivity index (χ1n) is 8.67. The number of rotatable bonds is 4. The Balaban J connectivity index is 1.67. The van der Waals surface area contributed by atoms with Crippen LogP contribution in [0.5, 0.6) is 5.75 Å². The molecule has 4 rings (SSSR count). The molecule has 2 aromatic heterocycles. The first-order chi connectivity index (χ1) is 13.1. The lowest BCUT2D eigenvalue weighted by Crippen LogP contribution is -2.48. The predicted octanol–water partition coefficient (Wildman–Crippen LogP) is 1.63. The molecule has 1 fully saturated rings. The molecule has 1 aliphatic heterocycles. The number of nitriles is 1. The second-order valence-electron chi connectivity index (χ2n) is 6.66. The third kappa shape index (κ3) is 3.12. The zero-order chi connectivity index (χ0) is 19.0. The lowest BCUT2D eigenvalue weighted by molar-refractivity contribution is 0.0249. The molecule has 0 spiro atoms. The Hall–Kier alpha value is -2.67. The maximum atomic E-state index is 10.3. The van der Waals surface area contributed by atoms with E-state index >= 15 is 0 Å². The molecule has 1 aromatic carbocycles. The molecule has 3 aromatic rings. The number of hydrogen-bond acceptors (Lipinski definition) is 8. The number of ether oxygens (including phenoxy) is 1. The van der Waals surface area contributed by atoms with E-state index in [9.17, 15) is 5.11 Å². The van der Waals surface area contributed by atoms with E-state index in [-0.39, 0.29) is 6.54 Å². The number of aromatic nitrogens is 3. The molecule has 0 amide bonds. The van der Waals surface area contributed by atoms with Gasteiger partial charge < -0.3 is 20.5 Å². The quantitative estimate of drug-likeness (QED) is 0.703. The minimum atomic E-state index is -0.769. The number of anilines is 1. The van der Waals surface area contributed by atoms with Gasteiger partial charge >= 0.3 is 0 Å². The Labute approximate surface area is 160 Å². The predicted molar refractivity (Wildman–Crippen MR) is 103 cm³/mol. The zero-order valence-corrected chi connectivity index (χ0v) is 15.7. The third-order valence-electron chi connectivity index (χ3n) is 5.03. The second-order valence-corrected chi connectivity index (χ2v) is 7.60. The molecule has 3 heterocycles. The van der Waals surface area contributed by atoms with Crippen molar-refractivity contribution in [2.45, 2.75) is 18.4 Å². The van der Waals surface area contributed by atoms with Crippen molar-refractivity contribution in [2.75, 3.05) is 31.6 Å². The average Bonchev–Trinajstić information content (AvgIpc) is 3.29. The van der Waals surface area contributed by atoms with Gasteiger partial charge in [0.05, 0.1) is 36.2 Å². The van der Waals surface area contributed by atoms with Gasteiger partial charge in [0, 0.05) is 25.2 Å². The summed E-state index contributed by atoms with van der Waals surface area (Å²) in [5.41, 5.74) is 7.08. The van der Waals surface area contributed by atoms with Gasteiger partial charge in [0.2, 0.25) is 10.1 Å². The molecule has 0 atom stereocenters. The number of fused-ring (bicyclic) bond motifs is 1. The maximum absolute atomic E-state index is 10.3. The fraction of sp³-hybridized carbons (Fsp3) is 0.389. The minimum Gasteiger partial charge on any atom is -0.496 e. The van der Waals surface area contributed by atoms with E-state index in [1.165, 1.54) is 11.3 Å². The van der Waals surface area contributed by atoms with Gasteiger partial charge in [-0.05, 0) is 31.0 Å². The summed E-state index contributed by atoms with van der Waals surface area (Å²) in [6.45, 7) is 1.70. The summed E-state index contributed by atoms with van der Waals surface area (Å²) in [5, 5.41) is 25.0. The average molecular weight is 384 g/mol. The first-order valence-corrected chi connectivity index (χ1v) is 9.49. The van der Waals surface area contributed by atoms with E-state index in [0.29, 0.717) is 37.2 Å². The normalized spacial score (nSPS) is 16.4. The highest BCUT2D eigenvalue weighted by atomic mass is 32.1. The number of nitrogens with zero attached hydrogens (tertiary/aromatic N) is 5. The molecule has 27 heavy (non-hydrogen) atoms. The van der Waals surface area contributed by atoms with Crippen molar-refractivity contribution in [1.29, 1.82) is 5.26 Å². The molecule has 0 aliphatic carbocycles. The Bertz CT molecular complexity index is 1010. The summed E-state index contributed by atoms with van der Waals surface area (Å²) in [6.07, 6.45) is 3.01. The SMILES string of the molecule is COc1cc(C#N)ccc1-c1cnc2sc(N3CCC(O)(CN)CC3)nn12. The van der Waals surface area contributed by atoms with Gasteiger partial charge in [-0.2, -0.15) is 5.26 Å². The third-order valence-corrected chi connectivity index (χ3v) is 6.01. The Morgan fingerprint density at radius 2 is 2.19 bits per heavy atom. The van der Waals surface area contributed by atoms with Crippen molar-refractivity contribution < 1.29 is 9.84 Å². The number of hydrogen-bond donors (Lipinski definition) is 2. The van der Waals surface area contributed by atoms with Gasteiger partial charge in [-0.25, -0.2) is 9.50 Å². The highest BCUT2D eigenvalue weighted by Gasteiger charge is 2.32. The number of aliphatic hydroxyl groups is 1. The van der Waals surface area contributed by atoms with Crippen LogP contribution in [-0.4, -0.2) is 52.0 Å². The van der Waals surface area contributed by atoms with E-state index in [1.54, 1.807) is 30.0 Å². The maximum Gasteiger partial charge on any atom is 0.214 e. The Kier molecular flexibility index (Phi) is 4.47. The van der Waals surface area contributed by atoms with Gasteiger partial charge in [0.25, 0.3) is 0 Å². The van der Waals surface area contributed by atoms with Crippen LogP contribution in [-0.2, 0) is 0 Å². The van der Waals surface area contributed by atoms with E-state index in [2.05, 4.69) is 16.0 Å². The highest BCUT2D eigenvalue weighted by Crippen LogP contribution is 2.35. The van der Waals surface area contributed by atoms with E-state index in [1.807, 2.05) is 6.07 Å². The highest BCUT2D eigenvalue weighted by molar-refractivity contribution is 7.20. The lowest BCUT2D eigenvalue weighted by Gasteiger charge is -2.37. The molecule has 140 valence electrons. The van der Waals surface area contributed by atoms with Crippen LogP contribution in [0.1, 0.15) is 18.4 Å². The van der Waals surface area contributed by atoms with Crippen LogP contribution < -0.4 is 15.4 Å². The zero-order valence-electron chi connectivity index (χ0n) is 14.9. The Morgan fingerprint density at radius 1 is 1.41 bits per heavy atom. The fourth-order valence-corrected chi connectivity index (χ4v) is 4.21. The summed E-state index contributed by atoms with van der Waals surface area (Å²) in [5.74, 6) is 0.608. The van der Waals surface area contributed by atoms with Crippen molar-refractivity contribution in [3.8, 4) is 23.1 Å². The molecule has 0 unspecified atom stereocenters. The van der Waals surface area contributed by atoms with Crippen molar-refractivity contribution in [3.05, 3.63) is 30.0 Å². The van der Waals surface area contributed by atoms with Gasteiger partial charge in [-0.1, -0.05) is 11.3 Å². The number of methoxy groups -OCH3 is 1. The van der Waals surface area contributed by atoms with Crippen molar-refractivity contribution in [1.82, 2.24) is 14.6 Å². The van der Waals surface area contributed by atoms with E-state index in [0.717, 1.165) is 21.3 Å². The van der Waals surface area contributed by atoms with Crippen molar-refractivity contribution in [3.63, 3.8) is 0 Å². The summed E-state index contributed by atoms with van der Waals surface area (Å²) in [7, 11) is 1.58. The van der Waals surface area contributed by atoms with Crippen LogP contribution in [0.4, 0.5) is 5.13 Å². The summed E-state index contributed by atoms with van der Waals surface area (Å²) < 4.78 is 7.25. The number of piperidine rings is 1. The van der Waals surface area contributed by atoms with E-state index < -0.39 is 5.60 Å². The van der Waals surface area contributed by atoms with Crippen molar-refractivity contribution >= 4 is 21.4 Å². The minimum absolute atomic E-state index is 0.282. The molecule has 1 aliphatic rings. The number of nitrogens with two attached hydrogens (primary N) is 1. The first kappa shape index (κ1) is 17.7.